The molecule has 2 aromatic heterocycles. The number of hydrogen-bond acceptors (Lipinski definition) is 5. The summed E-state index contributed by atoms with van der Waals surface area (Å²) in [7, 11) is 1.54. The smallest absolute Gasteiger partial charge is 0.267 e. The SMILES string of the molecule is COc1ccc(NC(=O)c2sc3nc(CC(C)C)ccc3c2N)cc1Cl. The Balaban J connectivity index is 1.88. The highest BCUT2D eigenvalue weighted by Gasteiger charge is 2.18. The molecule has 5 nitrogen and oxygen atoms in total. The molecule has 0 fully saturated rings. The standard InChI is InChI=1S/C19H20ClN3O2S/c1-10(2)8-11-4-6-13-16(21)17(26-19(13)23-11)18(24)22-12-5-7-15(25-3)14(20)9-12/h4-7,9-10H,8,21H2,1-3H3,(H,22,24). The van der Waals surface area contributed by atoms with Crippen LogP contribution in [0.4, 0.5) is 11.4 Å². The molecule has 3 aromatic rings. The zero-order chi connectivity index (χ0) is 18.8. The minimum absolute atomic E-state index is 0.280. The summed E-state index contributed by atoms with van der Waals surface area (Å²) in [6, 6.07) is 8.97. The van der Waals surface area contributed by atoms with E-state index in [0.717, 1.165) is 22.3 Å². The highest BCUT2D eigenvalue weighted by Crippen LogP contribution is 2.34. The van der Waals surface area contributed by atoms with Crippen molar-refractivity contribution in [2.75, 3.05) is 18.2 Å². The second-order valence-corrected chi connectivity index (χ2v) is 7.81. The zero-order valence-corrected chi connectivity index (χ0v) is 16.4. The van der Waals surface area contributed by atoms with Crippen LogP contribution < -0.4 is 15.8 Å². The van der Waals surface area contributed by atoms with Crippen LogP contribution in [0.15, 0.2) is 30.3 Å². The predicted octanol–water partition coefficient (Wildman–Crippen LogP) is 4.99. The lowest BCUT2D eigenvalue weighted by Crippen LogP contribution is -2.11. The molecule has 1 amide bonds. The van der Waals surface area contributed by atoms with Gasteiger partial charge in [-0.1, -0.05) is 25.4 Å². The highest BCUT2D eigenvalue weighted by atomic mass is 35.5. The number of carbonyl (C=O) groups is 1. The van der Waals surface area contributed by atoms with Crippen molar-refractivity contribution >= 4 is 50.4 Å². The number of nitrogens with one attached hydrogen (secondary N) is 1. The Bertz CT molecular complexity index is 969. The van der Waals surface area contributed by atoms with Gasteiger partial charge in [-0.05, 0) is 42.7 Å². The molecule has 0 saturated carbocycles. The number of aromatic nitrogens is 1. The van der Waals surface area contributed by atoms with Crippen LogP contribution in [-0.4, -0.2) is 18.0 Å². The number of hydrogen-bond donors (Lipinski definition) is 2. The maximum absolute atomic E-state index is 12.7. The number of amides is 1. The summed E-state index contributed by atoms with van der Waals surface area (Å²) in [6.45, 7) is 4.29. The first kappa shape index (κ1) is 18.5. The van der Waals surface area contributed by atoms with Crippen molar-refractivity contribution in [3.05, 3.63) is 45.9 Å². The summed E-state index contributed by atoms with van der Waals surface area (Å²) in [5.41, 5.74) is 8.21. The van der Waals surface area contributed by atoms with E-state index in [1.807, 2.05) is 12.1 Å². The van der Waals surface area contributed by atoms with Crippen LogP contribution in [0.5, 0.6) is 5.75 Å². The molecule has 2 heterocycles. The van der Waals surface area contributed by atoms with E-state index in [1.165, 1.54) is 18.4 Å². The van der Waals surface area contributed by atoms with E-state index in [2.05, 4.69) is 24.1 Å². The van der Waals surface area contributed by atoms with Gasteiger partial charge in [0.15, 0.2) is 0 Å². The average Bonchev–Trinajstić information content (AvgIpc) is 2.91. The second kappa shape index (κ2) is 7.51. The van der Waals surface area contributed by atoms with Gasteiger partial charge in [-0.25, -0.2) is 4.98 Å². The zero-order valence-electron chi connectivity index (χ0n) is 14.8. The molecule has 0 unspecified atom stereocenters. The maximum atomic E-state index is 12.7. The molecule has 0 spiro atoms. The Morgan fingerprint density at radius 2 is 2.12 bits per heavy atom. The monoisotopic (exact) mass is 389 g/mol. The van der Waals surface area contributed by atoms with Gasteiger partial charge < -0.3 is 15.8 Å². The number of benzene rings is 1. The predicted molar refractivity (Wildman–Crippen MR) is 109 cm³/mol. The lowest BCUT2D eigenvalue weighted by molar-refractivity contribution is 0.103. The summed E-state index contributed by atoms with van der Waals surface area (Å²) in [6.07, 6.45) is 0.889. The number of methoxy groups -OCH3 is 1. The Labute approximate surface area is 161 Å². The third-order valence-corrected chi connectivity index (χ3v) is 5.29. The number of anilines is 2. The number of nitrogens with zero attached hydrogens (tertiary/aromatic N) is 1. The number of carbonyl (C=O) groups excluding carboxylic acids is 1. The maximum Gasteiger partial charge on any atom is 0.267 e. The third kappa shape index (κ3) is 3.76. The molecule has 0 atom stereocenters. The van der Waals surface area contributed by atoms with Crippen LogP contribution in [0.25, 0.3) is 10.2 Å². The van der Waals surface area contributed by atoms with Gasteiger partial charge in [-0.2, -0.15) is 0 Å². The number of thiophene rings is 1. The molecular formula is C19H20ClN3O2S. The van der Waals surface area contributed by atoms with Gasteiger partial charge in [0, 0.05) is 16.8 Å². The summed E-state index contributed by atoms with van der Waals surface area (Å²) in [5.74, 6) is 0.782. The Hall–Kier alpha value is -2.31. The number of ether oxygens (including phenoxy) is 1. The van der Waals surface area contributed by atoms with Crippen LogP contribution in [0.3, 0.4) is 0 Å². The molecule has 1 aromatic carbocycles. The van der Waals surface area contributed by atoms with Crippen molar-refractivity contribution in [3.63, 3.8) is 0 Å². The van der Waals surface area contributed by atoms with Gasteiger partial charge in [0.05, 0.1) is 17.8 Å². The summed E-state index contributed by atoms with van der Waals surface area (Å²) in [4.78, 5) is 18.5. The Morgan fingerprint density at radius 1 is 1.35 bits per heavy atom. The van der Waals surface area contributed by atoms with E-state index in [1.54, 1.807) is 18.2 Å². The summed E-state index contributed by atoms with van der Waals surface area (Å²) in [5, 5.41) is 4.05. The van der Waals surface area contributed by atoms with Crippen molar-refractivity contribution in [2.24, 2.45) is 5.92 Å². The van der Waals surface area contributed by atoms with Crippen molar-refractivity contribution < 1.29 is 9.53 Å². The number of nitrogen functional groups attached to an aromatic ring is 1. The molecule has 0 saturated heterocycles. The van der Waals surface area contributed by atoms with E-state index in [9.17, 15) is 4.79 Å². The molecule has 26 heavy (non-hydrogen) atoms. The van der Waals surface area contributed by atoms with E-state index >= 15 is 0 Å². The molecule has 7 heteroatoms. The van der Waals surface area contributed by atoms with Crippen molar-refractivity contribution in [1.82, 2.24) is 4.98 Å². The Kier molecular flexibility index (Phi) is 5.34. The average molecular weight is 390 g/mol. The van der Waals surface area contributed by atoms with E-state index < -0.39 is 0 Å². The molecule has 0 radical (unpaired) electrons. The lowest BCUT2D eigenvalue weighted by atomic mass is 10.1. The van der Waals surface area contributed by atoms with Gasteiger partial charge in [0.25, 0.3) is 5.91 Å². The van der Waals surface area contributed by atoms with Gasteiger partial charge in [0.1, 0.15) is 15.5 Å². The minimum atomic E-state index is -0.280. The van der Waals surface area contributed by atoms with Gasteiger partial charge in [-0.3, -0.25) is 4.79 Å². The first-order chi connectivity index (χ1) is 12.4. The van der Waals surface area contributed by atoms with Crippen LogP contribution in [0.1, 0.15) is 29.2 Å². The molecule has 0 aliphatic carbocycles. The number of halogens is 1. The van der Waals surface area contributed by atoms with Gasteiger partial charge in [-0.15, -0.1) is 11.3 Å². The normalized spacial score (nSPS) is 11.1. The third-order valence-electron chi connectivity index (χ3n) is 3.88. The van der Waals surface area contributed by atoms with Crippen molar-refractivity contribution in [2.45, 2.75) is 20.3 Å². The molecule has 0 bridgehead atoms. The first-order valence-corrected chi connectivity index (χ1v) is 9.41. The molecule has 136 valence electrons. The molecule has 0 aliphatic heterocycles. The Morgan fingerprint density at radius 3 is 2.77 bits per heavy atom. The molecule has 0 aliphatic rings. The highest BCUT2D eigenvalue weighted by molar-refractivity contribution is 7.21. The van der Waals surface area contributed by atoms with Crippen molar-refractivity contribution in [1.29, 1.82) is 0 Å². The number of nitrogens with two attached hydrogens (primary N) is 1. The fourth-order valence-electron chi connectivity index (χ4n) is 2.67. The quantitative estimate of drug-likeness (QED) is 0.644. The van der Waals surface area contributed by atoms with E-state index in [4.69, 9.17) is 22.1 Å². The first-order valence-electron chi connectivity index (χ1n) is 8.21. The largest absolute Gasteiger partial charge is 0.495 e. The molecule has 3 rings (SSSR count). The number of rotatable bonds is 5. The topological polar surface area (TPSA) is 77.2 Å². The van der Waals surface area contributed by atoms with Crippen LogP contribution in [0, 0.1) is 5.92 Å². The van der Waals surface area contributed by atoms with Crippen LogP contribution in [-0.2, 0) is 6.42 Å². The van der Waals surface area contributed by atoms with Crippen molar-refractivity contribution in [3.8, 4) is 5.75 Å². The minimum Gasteiger partial charge on any atom is -0.495 e. The van der Waals surface area contributed by atoms with Crippen LogP contribution >= 0.6 is 22.9 Å². The second-order valence-electron chi connectivity index (χ2n) is 6.40. The van der Waals surface area contributed by atoms with Gasteiger partial charge >= 0.3 is 0 Å². The fraction of sp³-hybridized carbons (Fsp3) is 0.263. The summed E-state index contributed by atoms with van der Waals surface area (Å²) < 4.78 is 5.12. The molecular weight excluding hydrogens is 370 g/mol. The lowest BCUT2D eigenvalue weighted by Gasteiger charge is -2.07. The number of pyridine rings is 1. The molecule has 3 N–H and O–H groups in total. The number of fused-ring (bicyclic) bond motifs is 1. The van der Waals surface area contributed by atoms with E-state index in [-0.39, 0.29) is 5.91 Å². The fourth-order valence-corrected chi connectivity index (χ4v) is 3.93. The van der Waals surface area contributed by atoms with E-state index in [0.29, 0.717) is 32.9 Å². The van der Waals surface area contributed by atoms with Gasteiger partial charge in [0.2, 0.25) is 0 Å². The summed E-state index contributed by atoms with van der Waals surface area (Å²) >= 11 is 7.40. The van der Waals surface area contributed by atoms with Crippen LogP contribution in [0.2, 0.25) is 5.02 Å².